The molecule has 2 aromatic carbocycles. The topological polar surface area (TPSA) is 84.3 Å². The number of hydrogen-bond acceptors (Lipinski definition) is 4. The van der Waals surface area contributed by atoms with Crippen LogP contribution in [-0.4, -0.2) is 39.6 Å². The van der Waals surface area contributed by atoms with Gasteiger partial charge in [-0.15, -0.1) is 0 Å². The van der Waals surface area contributed by atoms with Crippen LogP contribution in [0.5, 0.6) is 0 Å². The van der Waals surface area contributed by atoms with Gasteiger partial charge in [0.2, 0.25) is 11.8 Å². The van der Waals surface area contributed by atoms with Crippen LogP contribution in [0.4, 0.5) is 5.69 Å². The molecule has 0 aliphatic heterocycles. The van der Waals surface area contributed by atoms with E-state index in [2.05, 4.69) is 10.4 Å². The van der Waals surface area contributed by atoms with Crippen molar-refractivity contribution in [1.82, 2.24) is 14.7 Å². The maximum atomic E-state index is 12.8. The van der Waals surface area contributed by atoms with Crippen LogP contribution in [-0.2, 0) is 16.1 Å². The molecule has 0 bridgehead atoms. The standard InChI is InChI=1S/C21H20Cl2N4O3/c1-3-26(11-18(28)24-20-16(22)9-6-10-17(20)23)19(29)12-27-21(30)15-8-5-4-7-14(15)13(2)25-27/h4-10H,3,11-12H2,1-2H3,(H,24,28). The summed E-state index contributed by atoms with van der Waals surface area (Å²) in [5.74, 6) is -0.850. The SMILES string of the molecule is CCN(CC(=O)Nc1c(Cl)cccc1Cl)C(=O)Cn1nc(C)c2ccccc2c1=O. The fourth-order valence-corrected chi connectivity index (χ4v) is 3.58. The first-order valence-corrected chi connectivity index (χ1v) is 10.1. The Kier molecular flexibility index (Phi) is 6.74. The molecule has 1 aromatic heterocycles. The van der Waals surface area contributed by atoms with Crippen LogP contribution in [0.2, 0.25) is 10.0 Å². The number of hydrogen-bond donors (Lipinski definition) is 1. The number of nitrogens with one attached hydrogen (secondary N) is 1. The summed E-state index contributed by atoms with van der Waals surface area (Å²) in [7, 11) is 0. The Morgan fingerprint density at radius 2 is 1.70 bits per heavy atom. The summed E-state index contributed by atoms with van der Waals surface area (Å²) in [6.07, 6.45) is 0. The molecule has 0 saturated heterocycles. The molecule has 7 nitrogen and oxygen atoms in total. The van der Waals surface area contributed by atoms with Crippen LogP contribution >= 0.6 is 23.2 Å². The first-order valence-electron chi connectivity index (χ1n) is 9.30. The van der Waals surface area contributed by atoms with Crippen LogP contribution in [0.3, 0.4) is 0 Å². The molecule has 30 heavy (non-hydrogen) atoms. The van der Waals surface area contributed by atoms with Gasteiger partial charge >= 0.3 is 0 Å². The number of nitrogens with zero attached hydrogens (tertiary/aromatic N) is 3. The third-order valence-electron chi connectivity index (χ3n) is 4.63. The summed E-state index contributed by atoms with van der Waals surface area (Å²) in [5, 5.41) is 8.71. The van der Waals surface area contributed by atoms with E-state index in [0.717, 1.165) is 10.1 Å². The van der Waals surface area contributed by atoms with Crippen molar-refractivity contribution in [3.8, 4) is 0 Å². The van der Waals surface area contributed by atoms with Crippen molar-refractivity contribution in [2.45, 2.75) is 20.4 Å². The van der Waals surface area contributed by atoms with Gasteiger partial charge in [-0.3, -0.25) is 14.4 Å². The molecule has 1 N–H and O–H groups in total. The van der Waals surface area contributed by atoms with E-state index in [1.54, 1.807) is 44.2 Å². The minimum absolute atomic E-state index is 0.210. The largest absolute Gasteiger partial charge is 0.332 e. The van der Waals surface area contributed by atoms with E-state index in [9.17, 15) is 14.4 Å². The second-order valence-electron chi connectivity index (χ2n) is 6.65. The summed E-state index contributed by atoms with van der Waals surface area (Å²) < 4.78 is 1.13. The molecule has 0 spiro atoms. The van der Waals surface area contributed by atoms with E-state index in [1.807, 2.05) is 12.1 Å². The molecule has 9 heteroatoms. The van der Waals surface area contributed by atoms with E-state index >= 15 is 0 Å². The Balaban J connectivity index is 1.75. The van der Waals surface area contributed by atoms with Crippen molar-refractivity contribution in [3.63, 3.8) is 0 Å². The molecule has 0 radical (unpaired) electrons. The predicted octanol–water partition coefficient (Wildman–Crippen LogP) is 3.50. The van der Waals surface area contributed by atoms with Crippen LogP contribution in [0.1, 0.15) is 12.6 Å². The molecule has 0 aliphatic carbocycles. The number of carbonyl (C=O) groups excluding carboxylic acids is 2. The molecule has 0 fully saturated rings. The number of carbonyl (C=O) groups is 2. The number of para-hydroxylation sites is 1. The lowest BCUT2D eigenvalue weighted by Gasteiger charge is -2.21. The smallest absolute Gasteiger partial charge is 0.275 e. The Morgan fingerprint density at radius 1 is 1.07 bits per heavy atom. The number of likely N-dealkylation sites (N-methyl/N-ethyl adjacent to an activating group) is 1. The maximum absolute atomic E-state index is 12.8. The minimum Gasteiger partial charge on any atom is -0.332 e. The fourth-order valence-electron chi connectivity index (χ4n) is 3.09. The fraction of sp³-hybridized carbons (Fsp3) is 0.238. The van der Waals surface area contributed by atoms with Crippen LogP contribution < -0.4 is 10.9 Å². The number of fused-ring (bicyclic) bond motifs is 1. The van der Waals surface area contributed by atoms with Gasteiger partial charge in [-0.1, -0.05) is 47.5 Å². The molecule has 156 valence electrons. The third kappa shape index (κ3) is 4.63. The van der Waals surface area contributed by atoms with Gasteiger partial charge in [0, 0.05) is 11.9 Å². The second-order valence-corrected chi connectivity index (χ2v) is 7.46. The Hall–Kier alpha value is -2.90. The van der Waals surface area contributed by atoms with E-state index in [-0.39, 0.29) is 30.9 Å². The normalized spacial score (nSPS) is 10.8. The molecular formula is C21H20Cl2N4O3. The molecule has 0 unspecified atom stereocenters. The van der Waals surface area contributed by atoms with Crippen molar-refractivity contribution in [3.05, 3.63) is 68.6 Å². The summed E-state index contributed by atoms with van der Waals surface area (Å²) in [4.78, 5) is 39.2. The summed E-state index contributed by atoms with van der Waals surface area (Å²) >= 11 is 12.1. The average Bonchev–Trinajstić information content (AvgIpc) is 2.72. The van der Waals surface area contributed by atoms with Crippen molar-refractivity contribution in [2.24, 2.45) is 0 Å². The molecule has 0 aliphatic rings. The summed E-state index contributed by atoms with van der Waals surface area (Å²) in [5.41, 5.74) is 0.581. The Labute approximate surface area is 183 Å². The van der Waals surface area contributed by atoms with Gasteiger partial charge < -0.3 is 10.2 Å². The molecule has 0 saturated carbocycles. The Bertz CT molecular complexity index is 1160. The highest BCUT2D eigenvalue weighted by Crippen LogP contribution is 2.29. The van der Waals surface area contributed by atoms with Gasteiger partial charge in [-0.2, -0.15) is 5.10 Å². The van der Waals surface area contributed by atoms with Gasteiger partial charge in [0.25, 0.3) is 5.56 Å². The summed E-state index contributed by atoms with van der Waals surface area (Å²) in [6, 6.07) is 12.0. The zero-order valence-electron chi connectivity index (χ0n) is 16.5. The molecule has 0 atom stereocenters. The van der Waals surface area contributed by atoms with Crippen molar-refractivity contribution < 1.29 is 9.59 Å². The quantitative estimate of drug-likeness (QED) is 0.627. The third-order valence-corrected chi connectivity index (χ3v) is 5.26. The van der Waals surface area contributed by atoms with Gasteiger partial charge in [0.1, 0.15) is 6.54 Å². The van der Waals surface area contributed by atoms with Gasteiger partial charge in [-0.25, -0.2) is 4.68 Å². The van der Waals surface area contributed by atoms with E-state index in [0.29, 0.717) is 21.1 Å². The lowest BCUT2D eigenvalue weighted by Crippen LogP contribution is -2.41. The zero-order valence-corrected chi connectivity index (χ0v) is 18.0. The number of halogens is 2. The monoisotopic (exact) mass is 446 g/mol. The van der Waals surface area contributed by atoms with Crippen molar-refractivity contribution in [1.29, 1.82) is 0 Å². The number of aryl methyl sites for hydroxylation is 1. The van der Waals surface area contributed by atoms with E-state index in [1.165, 1.54) is 4.90 Å². The van der Waals surface area contributed by atoms with Crippen LogP contribution in [0, 0.1) is 6.92 Å². The molecule has 3 rings (SSSR count). The molecule has 2 amide bonds. The molecule has 1 heterocycles. The lowest BCUT2D eigenvalue weighted by molar-refractivity contribution is -0.135. The first-order chi connectivity index (χ1) is 14.3. The first kappa shape index (κ1) is 21.8. The highest BCUT2D eigenvalue weighted by atomic mass is 35.5. The van der Waals surface area contributed by atoms with Crippen molar-refractivity contribution in [2.75, 3.05) is 18.4 Å². The Morgan fingerprint density at radius 3 is 2.33 bits per heavy atom. The molecule has 3 aromatic rings. The van der Waals surface area contributed by atoms with Crippen LogP contribution in [0.15, 0.2) is 47.3 Å². The predicted molar refractivity (Wildman–Crippen MR) is 118 cm³/mol. The van der Waals surface area contributed by atoms with E-state index in [4.69, 9.17) is 23.2 Å². The van der Waals surface area contributed by atoms with Crippen LogP contribution in [0.25, 0.3) is 10.8 Å². The number of rotatable bonds is 6. The zero-order chi connectivity index (χ0) is 21.8. The van der Waals surface area contributed by atoms with Gasteiger partial charge in [0.05, 0.1) is 33.4 Å². The maximum Gasteiger partial charge on any atom is 0.275 e. The summed E-state index contributed by atoms with van der Waals surface area (Å²) in [6.45, 7) is 3.33. The number of aromatic nitrogens is 2. The highest BCUT2D eigenvalue weighted by Gasteiger charge is 2.19. The highest BCUT2D eigenvalue weighted by molar-refractivity contribution is 6.39. The number of amides is 2. The van der Waals surface area contributed by atoms with Gasteiger partial charge in [-0.05, 0) is 32.0 Å². The lowest BCUT2D eigenvalue weighted by atomic mass is 10.1. The second kappa shape index (κ2) is 9.28. The van der Waals surface area contributed by atoms with Crippen molar-refractivity contribution >= 4 is 51.5 Å². The average molecular weight is 447 g/mol. The van der Waals surface area contributed by atoms with E-state index < -0.39 is 11.8 Å². The number of anilines is 1. The van der Waals surface area contributed by atoms with Gasteiger partial charge in [0.15, 0.2) is 0 Å². The minimum atomic E-state index is -0.449. The number of benzene rings is 2. The molecular weight excluding hydrogens is 427 g/mol.